The summed E-state index contributed by atoms with van der Waals surface area (Å²) in [5.74, 6) is 0. The first-order valence-electron chi connectivity index (χ1n) is 8.38. The Morgan fingerprint density at radius 2 is 1.86 bits per heavy atom. The second-order valence-electron chi connectivity index (χ2n) is 6.23. The minimum absolute atomic E-state index is 0. The number of nitrogens with one attached hydrogen (secondary N) is 1. The van der Waals surface area contributed by atoms with Crippen LogP contribution in [0.25, 0.3) is 11.2 Å². The molecule has 2 aromatic heterocycles. The van der Waals surface area contributed by atoms with E-state index in [2.05, 4.69) is 9.97 Å². The molecule has 1 fully saturated rings. The SMILES string of the molecule is Br.N=c1c2ncn([C@@H]3O[C@H](CO)[C@@H](O)[C@H]3O)c2ncn1OCc1ccccc1. The van der Waals surface area contributed by atoms with Gasteiger partial charge in [-0.05, 0) is 5.56 Å². The number of aromatic nitrogens is 4. The van der Waals surface area contributed by atoms with Crippen LogP contribution in [0.2, 0.25) is 0 Å². The number of nitrogens with zero attached hydrogens (tertiary/aromatic N) is 4. The van der Waals surface area contributed by atoms with Crippen molar-refractivity contribution in [2.24, 2.45) is 0 Å². The molecule has 4 atom stereocenters. The number of hydrogen-bond donors (Lipinski definition) is 4. The van der Waals surface area contributed by atoms with Crippen molar-refractivity contribution in [1.29, 1.82) is 5.41 Å². The van der Waals surface area contributed by atoms with Crippen molar-refractivity contribution in [3.8, 4) is 0 Å². The van der Waals surface area contributed by atoms with Crippen LogP contribution in [0.4, 0.5) is 0 Å². The third kappa shape index (κ3) is 3.54. The van der Waals surface area contributed by atoms with Crippen LogP contribution in [0, 0.1) is 5.41 Å². The van der Waals surface area contributed by atoms with Crippen molar-refractivity contribution in [2.45, 2.75) is 31.1 Å². The highest BCUT2D eigenvalue weighted by atomic mass is 79.9. The van der Waals surface area contributed by atoms with E-state index in [0.717, 1.165) is 5.56 Å². The van der Waals surface area contributed by atoms with Crippen molar-refractivity contribution < 1.29 is 24.9 Å². The number of hydrogen-bond acceptors (Lipinski definition) is 8. The summed E-state index contributed by atoms with van der Waals surface area (Å²) in [4.78, 5) is 14.0. The zero-order valence-corrected chi connectivity index (χ0v) is 16.3. The van der Waals surface area contributed by atoms with Crippen molar-refractivity contribution >= 4 is 28.1 Å². The van der Waals surface area contributed by atoms with E-state index in [-0.39, 0.29) is 34.6 Å². The molecule has 0 radical (unpaired) electrons. The van der Waals surface area contributed by atoms with Gasteiger partial charge in [-0.15, -0.1) is 17.0 Å². The van der Waals surface area contributed by atoms with Crippen LogP contribution < -0.4 is 10.3 Å². The lowest BCUT2D eigenvalue weighted by molar-refractivity contribution is -0.0511. The number of imidazole rings is 1. The third-order valence-electron chi connectivity index (χ3n) is 4.50. The molecule has 0 saturated carbocycles. The largest absolute Gasteiger partial charge is 0.406 e. The zero-order valence-electron chi connectivity index (χ0n) is 14.6. The van der Waals surface area contributed by atoms with E-state index in [9.17, 15) is 15.3 Å². The molecule has 1 aliphatic heterocycles. The molecule has 0 spiro atoms. The molecule has 0 unspecified atom stereocenters. The van der Waals surface area contributed by atoms with Crippen LogP contribution in [0.1, 0.15) is 11.8 Å². The Morgan fingerprint density at radius 1 is 1.11 bits per heavy atom. The molecule has 1 aliphatic rings. The first kappa shape index (κ1) is 20.4. The lowest BCUT2D eigenvalue weighted by Crippen LogP contribution is -2.33. The second-order valence-corrected chi connectivity index (χ2v) is 6.23. The standard InChI is InChI=1S/C17H19N5O5.BrH/c18-15-12-16(20-9-22(15)26-7-10-4-2-1-3-5-10)21(8-19-12)17-14(25)13(24)11(6-23)27-17;/h1-5,8-9,11,13-14,17-18,23-25H,6-7H2;1H/t11-,13-,14-,17-;/m1./s1. The maximum Gasteiger partial charge on any atom is 0.192 e. The highest BCUT2D eigenvalue weighted by molar-refractivity contribution is 8.93. The predicted octanol–water partition coefficient (Wildman–Crippen LogP) is -0.470. The molecule has 4 rings (SSSR count). The summed E-state index contributed by atoms with van der Waals surface area (Å²) >= 11 is 0. The highest BCUT2D eigenvalue weighted by Gasteiger charge is 2.43. The zero-order chi connectivity index (χ0) is 19.0. The summed E-state index contributed by atoms with van der Waals surface area (Å²) in [6, 6.07) is 9.52. The molecule has 1 aromatic carbocycles. The second kappa shape index (κ2) is 8.37. The van der Waals surface area contributed by atoms with Crippen molar-refractivity contribution in [2.75, 3.05) is 6.61 Å². The molecule has 0 amide bonds. The average Bonchev–Trinajstić information content (AvgIpc) is 3.24. The monoisotopic (exact) mass is 453 g/mol. The van der Waals surface area contributed by atoms with Gasteiger partial charge in [0, 0.05) is 0 Å². The molecular formula is C17H20BrN5O5. The summed E-state index contributed by atoms with van der Waals surface area (Å²) in [5, 5.41) is 37.6. The van der Waals surface area contributed by atoms with Crippen LogP contribution in [0.3, 0.4) is 0 Å². The fourth-order valence-electron chi connectivity index (χ4n) is 3.03. The van der Waals surface area contributed by atoms with E-state index in [1.54, 1.807) is 0 Å². The summed E-state index contributed by atoms with van der Waals surface area (Å²) < 4.78 is 8.14. The van der Waals surface area contributed by atoms with Gasteiger partial charge in [-0.2, -0.15) is 4.73 Å². The summed E-state index contributed by atoms with van der Waals surface area (Å²) in [6.07, 6.45) is -1.63. The molecule has 1 saturated heterocycles. The van der Waals surface area contributed by atoms with Crippen LogP contribution in [0.15, 0.2) is 43.0 Å². The Hall–Kier alpha value is -2.31. The maximum absolute atomic E-state index is 10.2. The first-order valence-corrected chi connectivity index (χ1v) is 8.38. The van der Waals surface area contributed by atoms with Gasteiger partial charge in [0.15, 0.2) is 22.9 Å². The molecule has 10 nitrogen and oxygen atoms in total. The average molecular weight is 454 g/mol. The van der Waals surface area contributed by atoms with Gasteiger partial charge in [0.25, 0.3) is 0 Å². The van der Waals surface area contributed by atoms with Gasteiger partial charge in [-0.1, -0.05) is 30.3 Å². The number of aliphatic hydroxyl groups excluding tert-OH is 3. The van der Waals surface area contributed by atoms with Crippen molar-refractivity contribution in [3.63, 3.8) is 0 Å². The maximum atomic E-state index is 10.2. The Labute approximate surface area is 169 Å². The van der Waals surface area contributed by atoms with E-state index in [1.165, 1.54) is 22.0 Å². The third-order valence-corrected chi connectivity index (χ3v) is 4.50. The fraction of sp³-hybridized carbons (Fsp3) is 0.353. The van der Waals surface area contributed by atoms with Crippen LogP contribution in [-0.2, 0) is 11.3 Å². The van der Waals surface area contributed by atoms with Crippen LogP contribution in [-0.4, -0.2) is 59.5 Å². The minimum atomic E-state index is -1.25. The van der Waals surface area contributed by atoms with Gasteiger partial charge >= 0.3 is 0 Å². The predicted molar refractivity (Wildman–Crippen MR) is 101 cm³/mol. The number of aliphatic hydroxyl groups is 3. The molecule has 11 heteroatoms. The van der Waals surface area contributed by atoms with Gasteiger partial charge in [0.05, 0.1) is 12.9 Å². The highest BCUT2D eigenvalue weighted by Crippen LogP contribution is 2.30. The lowest BCUT2D eigenvalue weighted by Gasteiger charge is -2.16. The molecule has 4 N–H and O–H groups in total. The van der Waals surface area contributed by atoms with Gasteiger partial charge in [0.2, 0.25) is 0 Å². The number of benzene rings is 1. The summed E-state index contributed by atoms with van der Waals surface area (Å²) in [6.45, 7) is -0.161. The minimum Gasteiger partial charge on any atom is -0.406 e. The molecule has 0 bridgehead atoms. The van der Waals surface area contributed by atoms with Gasteiger partial charge in [-0.3, -0.25) is 9.98 Å². The van der Waals surface area contributed by atoms with E-state index in [0.29, 0.717) is 5.65 Å². The molecule has 150 valence electrons. The Balaban J connectivity index is 0.00000225. The molecule has 3 heterocycles. The topological polar surface area (TPSA) is 139 Å². The Bertz CT molecular complexity index is 995. The van der Waals surface area contributed by atoms with Crippen LogP contribution in [0.5, 0.6) is 0 Å². The normalized spacial score (nSPS) is 24.2. The first-order chi connectivity index (χ1) is 13.1. The molecule has 0 aliphatic carbocycles. The Morgan fingerprint density at radius 3 is 2.54 bits per heavy atom. The number of rotatable bonds is 5. The summed E-state index contributed by atoms with van der Waals surface area (Å²) in [5.41, 5.74) is 1.49. The fourth-order valence-corrected chi connectivity index (χ4v) is 3.03. The van der Waals surface area contributed by atoms with E-state index in [4.69, 9.17) is 15.0 Å². The van der Waals surface area contributed by atoms with Crippen LogP contribution >= 0.6 is 17.0 Å². The van der Waals surface area contributed by atoms with Crippen molar-refractivity contribution in [3.05, 3.63) is 54.0 Å². The number of halogens is 1. The van der Waals surface area contributed by atoms with E-state index < -0.39 is 31.1 Å². The molecule has 3 aromatic rings. The van der Waals surface area contributed by atoms with Gasteiger partial charge < -0.3 is 24.9 Å². The molecular weight excluding hydrogens is 434 g/mol. The Kier molecular flexibility index (Phi) is 6.10. The van der Waals surface area contributed by atoms with E-state index >= 15 is 0 Å². The van der Waals surface area contributed by atoms with E-state index in [1.807, 2.05) is 30.3 Å². The van der Waals surface area contributed by atoms with Gasteiger partial charge in [0.1, 0.15) is 31.2 Å². The lowest BCUT2D eigenvalue weighted by atomic mass is 10.1. The van der Waals surface area contributed by atoms with Gasteiger partial charge in [-0.25, -0.2) is 9.97 Å². The van der Waals surface area contributed by atoms with Crippen molar-refractivity contribution in [1.82, 2.24) is 19.3 Å². The smallest absolute Gasteiger partial charge is 0.192 e. The number of fused-ring (bicyclic) bond motifs is 1. The molecule has 28 heavy (non-hydrogen) atoms. The quantitative estimate of drug-likeness (QED) is 0.409. The summed E-state index contributed by atoms with van der Waals surface area (Å²) in [7, 11) is 0. The number of ether oxygens (including phenoxy) is 1.